The van der Waals surface area contributed by atoms with Gasteiger partial charge in [-0.3, -0.25) is 14.3 Å². The van der Waals surface area contributed by atoms with E-state index in [2.05, 4.69) is 20.7 Å². The highest BCUT2D eigenvalue weighted by molar-refractivity contribution is 6.01. The van der Waals surface area contributed by atoms with Gasteiger partial charge in [0.05, 0.1) is 43.5 Å². The van der Waals surface area contributed by atoms with Gasteiger partial charge in [-0.25, -0.2) is 13.8 Å². The van der Waals surface area contributed by atoms with E-state index in [1.807, 2.05) is 16.9 Å². The average molecular weight is 541 g/mol. The van der Waals surface area contributed by atoms with E-state index in [1.54, 1.807) is 18.3 Å². The van der Waals surface area contributed by atoms with Crippen LogP contribution in [0.2, 0.25) is 0 Å². The van der Waals surface area contributed by atoms with Crippen molar-refractivity contribution < 1.29 is 32.6 Å². The molecule has 2 saturated carbocycles. The Morgan fingerprint density at radius 2 is 1.97 bits per heavy atom. The fourth-order valence-corrected chi connectivity index (χ4v) is 5.06. The highest BCUT2D eigenvalue weighted by Crippen LogP contribution is 2.50. The number of hydrogen-bond acceptors (Lipinski definition) is 8. The zero-order valence-electron chi connectivity index (χ0n) is 20.9. The molecule has 6 rings (SSSR count). The summed E-state index contributed by atoms with van der Waals surface area (Å²) in [5.74, 6) is -6.18. The van der Waals surface area contributed by atoms with Gasteiger partial charge < -0.3 is 30.6 Å². The van der Waals surface area contributed by atoms with Gasteiger partial charge in [0.15, 0.2) is 5.79 Å². The molecule has 3 fully saturated rings. The number of pyridine rings is 1. The molecule has 204 valence electrons. The standard InChI is InChI=1S/C26H26F2N6O5/c1-37-22-15(14-11-31-34(13-14)20-5-6-26(20)38-7-8-39-26)3-2-4-18(22)32-19-9-21(30-12-16(19)23(29)35)33-24(36)17-10-25(17,27)28/h2-4,9,11-13,17,20H,5-8,10H2,1H3,(H2,29,35)(H2,30,32,33,36)/t17-,20-/m1/s1. The molecule has 1 spiro atoms. The lowest BCUT2D eigenvalue weighted by Crippen LogP contribution is -2.49. The van der Waals surface area contributed by atoms with Crippen molar-refractivity contribution in [2.45, 2.75) is 37.0 Å². The topological polar surface area (TPSA) is 143 Å². The van der Waals surface area contributed by atoms with Crippen LogP contribution in [0.5, 0.6) is 5.75 Å². The van der Waals surface area contributed by atoms with Gasteiger partial charge in [-0.05, 0) is 12.5 Å². The highest BCUT2D eigenvalue weighted by atomic mass is 19.3. The maximum Gasteiger partial charge on any atom is 0.260 e. The second-order valence-electron chi connectivity index (χ2n) is 9.77. The molecule has 2 amide bonds. The molecule has 2 aromatic heterocycles. The maximum absolute atomic E-state index is 13.3. The van der Waals surface area contributed by atoms with E-state index in [9.17, 15) is 18.4 Å². The summed E-state index contributed by atoms with van der Waals surface area (Å²) in [5.41, 5.74) is 7.80. The number of benzene rings is 1. The number of nitrogens with two attached hydrogens (primary N) is 1. The number of rotatable bonds is 8. The fraction of sp³-hybridized carbons (Fsp3) is 0.385. The van der Waals surface area contributed by atoms with E-state index in [0.717, 1.165) is 24.0 Å². The molecule has 3 aliphatic rings. The van der Waals surface area contributed by atoms with E-state index in [4.69, 9.17) is 19.9 Å². The molecule has 39 heavy (non-hydrogen) atoms. The molecule has 3 aromatic rings. The smallest absolute Gasteiger partial charge is 0.260 e. The predicted octanol–water partition coefficient (Wildman–Crippen LogP) is 3.47. The molecule has 0 bridgehead atoms. The van der Waals surface area contributed by atoms with E-state index >= 15 is 0 Å². The number of nitrogens with zero attached hydrogens (tertiary/aromatic N) is 3. The summed E-state index contributed by atoms with van der Waals surface area (Å²) in [6.45, 7) is 1.12. The number of ether oxygens (including phenoxy) is 3. The van der Waals surface area contributed by atoms with Crippen LogP contribution in [0.1, 0.15) is 35.7 Å². The maximum atomic E-state index is 13.3. The normalized spacial score (nSPS) is 22.2. The number of hydrogen-bond donors (Lipinski definition) is 3. The summed E-state index contributed by atoms with van der Waals surface area (Å²) in [6, 6.07) is 6.74. The highest BCUT2D eigenvalue weighted by Gasteiger charge is 2.61. The second-order valence-corrected chi connectivity index (χ2v) is 9.77. The molecular formula is C26H26F2N6O5. The van der Waals surface area contributed by atoms with Crippen LogP contribution in [0, 0.1) is 5.92 Å². The van der Waals surface area contributed by atoms with Crippen LogP contribution in [-0.2, 0) is 14.3 Å². The van der Waals surface area contributed by atoms with Crippen molar-refractivity contribution in [3.05, 3.63) is 48.4 Å². The molecule has 0 radical (unpaired) electrons. The quantitative estimate of drug-likeness (QED) is 0.394. The number of carbonyl (C=O) groups is 2. The first-order chi connectivity index (χ1) is 18.7. The van der Waals surface area contributed by atoms with Crippen LogP contribution >= 0.6 is 0 Å². The third-order valence-electron chi connectivity index (χ3n) is 7.33. The number of para-hydroxylation sites is 1. The third kappa shape index (κ3) is 4.46. The molecule has 1 saturated heterocycles. The molecule has 2 atom stereocenters. The Balaban J connectivity index is 1.28. The summed E-state index contributed by atoms with van der Waals surface area (Å²) < 4.78 is 45.9. The van der Waals surface area contributed by atoms with E-state index in [-0.39, 0.29) is 23.1 Å². The lowest BCUT2D eigenvalue weighted by molar-refractivity contribution is -0.242. The monoisotopic (exact) mass is 540 g/mol. The Bertz CT molecular complexity index is 1450. The van der Waals surface area contributed by atoms with Crippen molar-refractivity contribution in [1.29, 1.82) is 0 Å². The summed E-state index contributed by atoms with van der Waals surface area (Å²) in [5, 5.41) is 10.0. The van der Waals surface area contributed by atoms with Crippen LogP contribution in [0.15, 0.2) is 42.9 Å². The molecule has 1 aromatic carbocycles. The van der Waals surface area contributed by atoms with Crippen LogP contribution < -0.4 is 21.1 Å². The minimum atomic E-state index is -3.02. The molecular weight excluding hydrogens is 514 g/mol. The Kier molecular flexibility index (Phi) is 5.99. The zero-order chi connectivity index (χ0) is 27.4. The van der Waals surface area contributed by atoms with Crippen LogP contribution in [0.4, 0.5) is 26.0 Å². The van der Waals surface area contributed by atoms with Gasteiger partial charge in [-0.2, -0.15) is 5.10 Å². The Morgan fingerprint density at radius 3 is 2.62 bits per heavy atom. The van der Waals surface area contributed by atoms with E-state index in [0.29, 0.717) is 24.7 Å². The number of primary amides is 1. The lowest BCUT2D eigenvalue weighted by atomic mass is 9.85. The molecule has 3 heterocycles. The van der Waals surface area contributed by atoms with Crippen molar-refractivity contribution in [1.82, 2.24) is 14.8 Å². The Hall–Kier alpha value is -4.10. The van der Waals surface area contributed by atoms with Gasteiger partial charge >= 0.3 is 0 Å². The number of anilines is 3. The number of carbonyl (C=O) groups excluding carboxylic acids is 2. The molecule has 2 aliphatic carbocycles. The first-order valence-electron chi connectivity index (χ1n) is 12.5. The minimum absolute atomic E-state index is 0.00243. The van der Waals surface area contributed by atoms with Crippen molar-refractivity contribution in [2.75, 3.05) is 31.0 Å². The van der Waals surface area contributed by atoms with Gasteiger partial charge in [0.25, 0.3) is 11.8 Å². The SMILES string of the molecule is COc1c(Nc2cc(NC(=O)[C@H]3CC3(F)F)ncc2C(N)=O)cccc1-c1cnn([C@@H]2CCC23OCCO3)c1. The second kappa shape index (κ2) is 9.27. The van der Waals surface area contributed by atoms with Gasteiger partial charge in [-0.15, -0.1) is 0 Å². The minimum Gasteiger partial charge on any atom is -0.494 e. The Labute approximate surface area is 221 Å². The number of nitrogens with one attached hydrogen (secondary N) is 2. The van der Waals surface area contributed by atoms with E-state index < -0.39 is 35.9 Å². The molecule has 4 N–H and O–H groups in total. The van der Waals surface area contributed by atoms with Crippen molar-refractivity contribution in [2.24, 2.45) is 11.7 Å². The molecule has 11 nitrogen and oxygen atoms in total. The van der Waals surface area contributed by atoms with Gasteiger partial charge in [0, 0.05) is 42.4 Å². The predicted molar refractivity (Wildman–Crippen MR) is 135 cm³/mol. The average Bonchev–Trinajstić information content (AvgIpc) is 3.28. The van der Waals surface area contributed by atoms with Gasteiger partial charge in [0.1, 0.15) is 23.5 Å². The van der Waals surface area contributed by atoms with Gasteiger partial charge in [0.2, 0.25) is 5.91 Å². The fourth-order valence-electron chi connectivity index (χ4n) is 5.06. The van der Waals surface area contributed by atoms with Crippen molar-refractivity contribution in [3.63, 3.8) is 0 Å². The molecule has 0 unspecified atom stereocenters. The number of alkyl halides is 2. The van der Waals surface area contributed by atoms with E-state index in [1.165, 1.54) is 19.4 Å². The number of halogens is 2. The van der Waals surface area contributed by atoms with Gasteiger partial charge in [-0.1, -0.05) is 12.1 Å². The van der Waals surface area contributed by atoms with Crippen molar-refractivity contribution in [3.8, 4) is 16.9 Å². The number of aromatic nitrogens is 3. The largest absolute Gasteiger partial charge is 0.494 e. The first-order valence-corrected chi connectivity index (χ1v) is 12.5. The first kappa shape index (κ1) is 25.2. The summed E-state index contributed by atoms with van der Waals surface area (Å²) >= 11 is 0. The van der Waals surface area contributed by atoms with Crippen LogP contribution in [0.25, 0.3) is 11.1 Å². The lowest BCUT2D eigenvalue weighted by Gasteiger charge is -2.44. The van der Waals surface area contributed by atoms with Crippen LogP contribution in [0.3, 0.4) is 0 Å². The Morgan fingerprint density at radius 1 is 1.21 bits per heavy atom. The summed E-state index contributed by atoms with van der Waals surface area (Å²) in [6.07, 6.45) is 6.00. The van der Waals surface area contributed by atoms with Crippen LogP contribution in [-0.4, -0.2) is 58.6 Å². The number of amides is 2. The molecule has 13 heteroatoms. The number of methoxy groups -OCH3 is 1. The van der Waals surface area contributed by atoms with Crippen molar-refractivity contribution >= 4 is 29.0 Å². The zero-order valence-corrected chi connectivity index (χ0v) is 20.9. The third-order valence-corrected chi connectivity index (χ3v) is 7.33. The summed E-state index contributed by atoms with van der Waals surface area (Å²) in [4.78, 5) is 28.2. The molecule has 1 aliphatic heterocycles. The summed E-state index contributed by atoms with van der Waals surface area (Å²) in [7, 11) is 1.51.